The first-order valence-corrected chi connectivity index (χ1v) is 9.09. The standard InChI is InChI=1S/C16H25ClN2OS/c1-19(10-14-4-5-15(17)21-14)12-16(6-8-20-9-7-16)11-18-13-2-3-13/h4-5,13,18H,2-3,6-12H2,1H3. The van der Waals surface area contributed by atoms with Gasteiger partial charge in [-0.05, 0) is 50.3 Å². The predicted molar refractivity (Wildman–Crippen MR) is 89.2 cm³/mol. The minimum Gasteiger partial charge on any atom is -0.381 e. The number of rotatable bonds is 7. The number of ether oxygens (including phenoxy) is 1. The van der Waals surface area contributed by atoms with Crippen LogP contribution in [0.3, 0.4) is 0 Å². The van der Waals surface area contributed by atoms with Crippen LogP contribution < -0.4 is 5.32 Å². The van der Waals surface area contributed by atoms with Crippen molar-refractivity contribution in [3.8, 4) is 0 Å². The summed E-state index contributed by atoms with van der Waals surface area (Å²) in [5.74, 6) is 0. The zero-order chi connectivity index (χ0) is 14.7. The molecule has 21 heavy (non-hydrogen) atoms. The van der Waals surface area contributed by atoms with Crippen molar-refractivity contribution in [1.29, 1.82) is 0 Å². The lowest BCUT2D eigenvalue weighted by Gasteiger charge is -2.40. The fraction of sp³-hybridized carbons (Fsp3) is 0.750. The molecule has 1 aliphatic carbocycles. The van der Waals surface area contributed by atoms with Crippen molar-refractivity contribution in [2.45, 2.75) is 38.3 Å². The van der Waals surface area contributed by atoms with Gasteiger partial charge in [0.25, 0.3) is 0 Å². The Balaban J connectivity index is 1.56. The Kier molecular flexibility index (Phi) is 5.23. The maximum atomic E-state index is 6.03. The Morgan fingerprint density at radius 3 is 2.76 bits per heavy atom. The molecule has 118 valence electrons. The molecule has 2 fully saturated rings. The second-order valence-corrected chi connectivity index (χ2v) is 8.45. The highest BCUT2D eigenvalue weighted by molar-refractivity contribution is 7.16. The molecule has 0 unspecified atom stereocenters. The van der Waals surface area contributed by atoms with Gasteiger partial charge in [0.15, 0.2) is 0 Å². The van der Waals surface area contributed by atoms with E-state index in [-0.39, 0.29) is 0 Å². The lowest BCUT2D eigenvalue weighted by molar-refractivity contribution is -0.00170. The third-order valence-corrected chi connectivity index (χ3v) is 5.77. The van der Waals surface area contributed by atoms with Crippen LogP contribution in [0.5, 0.6) is 0 Å². The Morgan fingerprint density at radius 1 is 1.38 bits per heavy atom. The molecule has 5 heteroatoms. The van der Waals surface area contributed by atoms with Gasteiger partial charge in [0.2, 0.25) is 0 Å². The van der Waals surface area contributed by atoms with Crippen molar-refractivity contribution >= 4 is 22.9 Å². The van der Waals surface area contributed by atoms with Crippen LogP contribution in [0.1, 0.15) is 30.6 Å². The molecule has 1 N–H and O–H groups in total. The smallest absolute Gasteiger partial charge is 0.0931 e. The molecule has 1 aromatic heterocycles. The van der Waals surface area contributed by atoms with Crippen molar-refractivity contribution in [1.82, 2.24) is 10.2 Å². The van der Waals surface area contributed by atoms with Crippen molar-refractivity contribution in [3.05, 3.63) is 21.3 Å². The van der Waals surface area contributed by atoms with Gasteiger partial charge >= 0.3 is 0 Å². The van der Waals surface area contributed by atoms with E-state index in [0.717, 1.165) is 43.2 Å². The largest absolute Gasteiger partial charge is 0.381 e. The summed E-state index contributed by atoms with van der Waals surface area (Å²) >= 11 is 7.72. The average Bonchev–Trinajstić information content (AvgIpc) is 3.21. The summed E-state index contributed by atoms with van der Waals surface area (Å²) in [6.07, 6.45) is 5.05. The van der Waals surface area contributed by atoms with E-state index < -0.39 is 0 Å². The van der Waals surface area contributed by atoms with Crippen LogP contribution >= 0.6 is 22.9 Å². The fourth-order valence-electron chi connectivity index (χ4n) is 3.17. The van der Waals surface area contributed by atoms with Gasteiger partial charge in [-0.15, -0.1) is 11.3 Å². The first-order chi connectivity index (χ1) is 10.2. The van der Waals surface area contributed by atoms with Gasteiger partial charge in [-0.1, -0.05) is 11.6 Å². The maximum absolute atomic E-state index is 6.03. The number of nitrogens with zero attached hydrogens (tertiary/aromatic N) is 1. The molecule has 2 heterocycles. The van der Waals surface area contributed by atoms with Crippen molar-refractivity contribution in [2.75, 3.05) is 33.4 Å². The molecule has 0 atom stereocenters. The molecule has 1 aromatic rings. The molecular formula is C16H25ClN2OS. The van der Waals surface area contributed by atoms with Crippen LogP contribution in [-0.4, -0.2) is 44.3 Å². The summed E-state index contributed by atoms with van der Waals surface area (Å²) in [5.41, 5.74) is 0.372. The second kappa shape index (κ2) is 6.97. The first kappa shape index (κ1) is 15.8. The summed E-state index contributed by atoms with van der Waals surface area (Å²) < 4.78 is 6.47. The molecule has 0 amide bonds. The van der Waals surface area contributed by atoms with E-state index in [4.69, 9.17) is 16.3 Å². The monoisotopic (exact) mass is 328 g/mol. The third-order valence-electron chi connectivity index (χ3n) is 4.56. The second-order valence-electron chi connectivity index (χ2n) is 6.65. The molecular weight excluding hydrogens is 304 g/mol. The molecule has 3 nitrogen and oxygen atoms in total. The highest BCUT2D eigenvalue weighted by atomic mass is 35.5. The molecule has 1 aliphatic heterocycles. The summed E-state index contributed by atoms with van der Waals surface area (Å²) in [4.78, 5) is 3.79. The highest BCUT2D eigenvalue weighted by Gasteiger charge is 2.35. The number of hydrogen-bond donors (Lipinski definition) is 1. The van der Waals surface area contributed by atoms with E-state index >= 15 is 0 Å². The Labute approximate surface area is 136 Å². The van der Waals surface area contributed by atoms with Crippen LogP contribution in [0.25, 0.3) is 0 Å². The lowest BCUT2D eigenvalue weighted by atomic mass is 9.79. The number of halogens is 1. The van der Waals surface area contributed by atoms with E-state index in [9.17, 15) is 0 Å². The van der Waals surface area contributed by atoms with Crippen LogP contribution in [0.15, 0.2) is 12.1 Å². The van der Waals surface area contributed by atoms with Gasteiger partial charge in [0, 0.05) is 43.8 Å². The van der Waals surface area contributed by atoms with Gasteiger partial charge in [0.05, 0.1) is 4.34 Å². The molecule has 0 radical (unpaired) electrons. The topological polar surface area (TPSA) is 24.5 Å². The van der Waals surface area contributed by atoms with Crippen molar-refractivity contribution in [3.63, 3.8) is 0 Å². The summed E-state index contributed by atoms with van der Waals surface area (Å²) in [7, 11) is 2.22. The predicted octanol–water partition coefficient (Wildman–Crippen LogP) is 3.38. The van der Waals surface area contributed by atoms with Crippen molar-refractivity contribution < 1.29 is 4.74 Å². The average molecular weight is 329 g/mol. The van der Waals surface area contributed by atoms with Gasteiger partial charge in [-0.3, -0.25) is 0 Å². The van der Waals surface area contributed by atoms with Gasteiger partial charge in [-0.2, -0.15) is 0 Å². The van der Waals surface area contributed by atoms with Crippen LogP contribution in [0, 0.1) is 5.41 Å². The number of thiophene rings is 1. The SMILES string of the molecule is CN(Cc1ccc(Cl)s1)CC1(CNC2CC2)CCOCC1. The van der Waals surface area contributed by atoms with Crippen LogP contribution in [-0.2, 0) is 11.3 Å². The van der Waals surface area contributed by atoms with E-state index in [2.05, 4.69) is 23.3 Å². The number of nitrogens with one attached hydrogen (secondary N) is 1. The lowest BCUT2D eigenvalue weighted by Crippen LogP contribution is -2.46. The molecule has 0 aromatic carbocycles. The maximum Gasteiger partial charge on any atom is 0.0931 e. The fourth-order valence-corrected chi connectivity index (χ4v) is 4.34. The van der Waals surface area contributed by atoms with E-state index in [1.165, 1.54) is 30.6 Å². The zero-order valence-electron chi connectivity index (χ0n) is 12.7. The van der Waals surface area contributed by atoms with E-state index in [0.29, 0.717) is 5.41 Å². The molecule has 0 spiro atoms. The van der Waals surface area contributed by atoms with Gasteiger partial charge in [-0.25, -0.2) is 0 Å². The molecule has 2 aliphatic rings. The molecule has 3 rings (SSSR count). The van der Waals surface area contributed by atoms with E-state index in [1.807, 2.05) is 6.07 Å². The minimum atomic E-state index is 0.372. The quantitative estimate of drug-likeness (QED) is 0.830. The first-order valence-electron chi connectivity index (χ1n) is 7.89. The van der Waals surface area contributed by atoms with E-state index in [1.54, 1.807) is 11.3 Å². The van der Waals surface area contributed by atoms with Gasteiger partial charge < -0.3 is 15.0 Å². The summed E-state index contributed by atoms with van der Waals surface area (Å²) in [6.45, 7) is 5.07. The molecule has 1 saturated carbocycles. The number of hydrogen-bond acceptors (Lipinski definition) is 4. The Morgan fingerprint density at radius 2 is 2.14 bits per heavy atom. The minimum absolute atomic E-state index is 0.372. The van der Waals surface area contributed by atoms with Crippen LogP contribution in [0.4, 0.5) is 0 Å². The van der Waals surface area contributed by atoms with Gasteiger partial charge in [0.1, 0.15) is 0 Å². The Hall–Kier alpha value is -0.130. The Bertz CT molecular complexity index is 455. The van der Waals surface area contributed by atoms with Crippen LogP contribution in [0.2, 0.25) is 4.34 Å². The summed E-state index contributed by atoms with van der Waals surface area (Å²) in [6, 6.07) is 4.92. The highest BCUT2D eigenvalue weighted by Crippen LogP contribution is 2.33. The molecule has 1 saturated heterocycles. The molecule has 0 bridgehead atoms. The third kappa shape index (κ3) is 4.67. The zero-order valence-corrected chi connectivity index (χ0v) is 14.3. The normalized spacial score (nSPS) is 21.9. The van der Waals surface area contributed by atoms with Crippen molar-refractivity contribution in [2.24, 2.45) is 5.41 Å². The summed E-state index contributed by atoms with van der Waals surface area (Å²) in [5, 5.41) is 3.74.